The Hall–Kier alpha value is -1.32. The molecule has 0 aliphatic carbocycles. The average molecular weight is 300 g/mol. The Labute approximate surface area is 131 Å². The normalized spacial score (nSPS) is 17.9. The third-order valence-corrected chi connectivity index (χ3v) is 5.42. The molecule has 0 amide bonds. The minimum Gasteiger partial charge on any atom is -0.364 e. The lowest BCUT2D eigenvalue weighted by molar-refractivity contribution is 0.631. The van der Waals surface area contributed by atoms with Gasteiger partial charge in [-0.3, -0.25) is 0 Å². The molecule has 1 aliphatic rings. The molecule has 2 heterocycles. The van der Waals surface area contributed by atoms with Crippen molar-refractivity contribution in [1.29, 1.82) is 0 Å². The summed E-state index contributed by atoms with van der Waals surface area (Å²) in [5, 5.41) is 5.63. The predicted octanol–water partition coefficient (Wildman–Crippen LogP) is 4.29. The molecule has 21 heavy (non-hydrogen) atoms. The molecule has 0 saturated heterocycles. The van der Waals surface area contributed by atoms with Crippen LogP contribution in [0.25, 0.3) is 0 Å². The van der Waals surface area contributed by atoms with Crippen molar-refractivity contribution in [3.05, 3.63) is 51.2 Å². The Balaban J connectivity index is 1.84. The van der Waals surface area contributed by atoms with Gasteiger partial charge in [0.2, 0.25) is 0 Å². The van der Waals surface area contributed by atoms with Crippen LogP contribution in [0.15, 0.2) is 29.6 Å². The number of benzene rings is 1. The highest BCUT2D eigenvalue weighted by molar-refractivity contribution is 7.10. The van der Waals surface area contributed by atoms with Gasteiger partial charge in [0.05, 0.1) is 6.04 Å². The number of rotatable bonds is 4. The van der Waals surface area contributed by atoms with E-state index in [9.17, 15) is 0 Å². The number of hydrogen-bond donors (Lipinski definition) is 1. The van der Waals surface area contributed by atoms with Crippen molar-refractivity contribution in [2.45, 2.75) is 39.8 Å². The van der Waals surface area contributed by atoms with E-state index in [4.69, 9.17) is 0 Å². The van der Waals surface area contributed by atoms with Gasteiger partial charge in [-0.05, 0) is 61.0 Å². The number of fused-ring (bicyclic) bond motifs is 1. The largest absolute Gasteiger partial charge is 0.364 e. The van der Waals surface area contributed by atoms with Crippen molar-refractivity contribution < 1.29 is 0 Å². The van der Waals surface area contributed by atoms with E-state index < -0.39 is 0 Å². The van der Waals surface area contributed by atoms with Crippen LogP contribution in [0.3, 0.4) is 0 Å². The van der Waals surface area contributed by atoms with Crippen molar-refractivity contribution in [1.82, 2.24) is 5.32 Å². The van der Waals surface area contributed by atoms with Gasteiger partial charge in [-0.25, -0.2) is 0 Å². The molecule has 112 valence electrons. The molecule has 1 aliphatic heterocycles. The molecule has 3 rings (SSSR count). The van der Waals surface area contributed by atoms with Crippen LogP contribution in [0, 0.1) is 6.92 Å². The van der Waals surface area contributed by atoms with Crippen LogP contribution in [-0.4, -0.2) is 13.1 Å². The highest BCUT2D eigenvalue weighted by atomic mass is 32.1. The molecule has 0 radical (unpaired) electrons. The van der Waals surface area contributed by atoms with Crippen molar-refractivity contribution in [2.75, 3.05) is 18.0 Å². The maximum absolute atomic E-state index is 3.40. The molecule has 3 heteroatoms. The smallest absolute Gasteiger partial charge is 0.0525 e. The summed E-state index contributed by atoms with van der Waals surface area (Å²) in [5.74, 6) is 0. The Morgan fingerprint density at radius 1 is 1.33 bits per heavy atom. The summed E-state index contributed by atoms with van der Waals surface area (Å²) in [6, 6.07) is 9.68. The molecule has 0 spiro atoms. The summed E-state index contributed by atoms with van der Waals surface area (Å²) in [6.07, 6.45) is 1.18. The summed E-state index contributed by atoms with van der Waals surface area (Å²) in [7, 11) is 0. The molecule has 1 N–H and O–H groups in total. The van der Waals surface area contributed by atoms with E-state index in [0.717, 1.165) is 19.6 Å². The molecule has 0 fully saturated rings. The fourth-order valence-electron chi connectivity index (χ4n) is 3.26. The van der Waals surface area contributed by atoms with E-state index in [1.165, 1.54) is 28.8 Å². The molecule has 2 nitrogen and oxygen atoms in total. The quantitative estimate of drug-likeness (QED) is 0.906. The summed E-state index contributed by atoms with van der Waals surface area (Å²) < 4.78 is 0. The maximum atomic E-state index is 3.40. The summed E-state index contributed by atoms with van der Waals surface area (Å²) in [6.45, 7) is 9.82. The third-order valence-electron chi connectivity index (χ3n) is 4.43. The van der Waals surface area contributed by atoms with E-state index in [1.807, 2.05) is 11.3 Å². The lowest BCUT2D eigenvalue weighted by Crippen LogP contribution is -2.33. The predicted molar refractivity (Wildman–Crippen MR) is 92.3 cm³/mol. The highest BCUT2D eigenvalue weighted by Gasteiger charge is 2.25. The van der Waals surface area contributed by atoms with Gasteiger partial charge in [0.1, 0.15) is 0 Å². The van der Waals surface area contributed by atoms with E-state index in [-0.39, 0.29) is 0 Å². The Bertz CT molecular complexity index is 617. The first kappa shape index (κ1) is 14.6. The molecule has 0 bridgehead atoms. The summed E-state index contributed by atoms with van der Waals surface area (Å²) >= 11 is 1.91. The van der Waals surface area contributed by atoms with Crippen molar-refractivity contribution in [3.63, 3.8) is 0 Å². The zero-order valence-corrected chi connectivity index (χ0v) is 14.0. The first-order chi connectivity index (χ1) is 10.2. The van der Waals surface area contributed by atoms with Gasteiger partial charge in [-0.15, -0.1) is 11.3 Å². The molecule has 1 aromatic carbocycles. The zero-order valence-electron chi connectivity index (χ0n) is 13.1. The maximum Gasteiger partial charge on any atom is 0.0525 e. The van der Waals surface area contributed by atoms with Crippen molar-refractivity contribution in [2.24, 2.45) is 0 Å². The van der Waals surface area contributed by atoms with Gasteiger partial charge in [0.15, 0.2) is 0 Å². The SMILES string of the molecule is CCNCc1ccc(N2CCc3sccc3C2C)c(C)c1. The number of thiophene rings is 1. The first-order valence-corrected chi connectivity index (χ1v) is 8.71. The molecular formula is C18H24N2S. The zero-order chi connectivity index (χ0) is 14.8. The van der Waals surface area contributed by atoms with Crippen LogP contribution in [0.2, 0.25) is 0 Å². The first-order valence-electron chi connectivity index (χ1n) is 7.84. The van der Waals surface area contributed by atoms with Crippen LogP contribution < -0.4 is 10.2 Å². The monoisotopic (exact) mass is 300 g/mol. The van der Waals surface area contributed by atoms with E-state index >= 15 is 0 Å². The van der Waals surface area contributed by atoms with Crippen molar-refractivity contribution in [3.8, 4) is 0 Å². The van der Waals surface area contributed by atoms with Gasteiger partial charge < -0.3 is 10.2 Å². The highest BCUT2D eigenvalue weighted by Crippen LogP contribution is 2.37. The fraction of sp³-hybridized carbons (Fsp3) is 0.444. The van der Waals surface area contributed by atoms with E-state index in [2.05, 4.69) is 60.6 Å². The van der Waals surface area contributed by atoms with Gasteiger partial charge in [-0.2, -0.15) is 0 Å². The second kappa shape index (κ2) is 6.20. The topological polar surface area (TPSA) is 15.3 Å². The molecule has 2 aromatic rings. The lowest BCUT2D eigenvalue weighted by atomic mass is 9.99. The Morgan fingerprint density at radius 2 is 2.19 bits per heavy atom. The summed E-state index contributed by atoms with van der Waals surface area (Å²) in [4.78, 5) is 4.13. The van der Waals surface area contributed by atoms with Crippen LogP contribution in [0.1, 0.15) is 41.5 Å². The van der Waals surface area contributed by atoms with Gasteiger partial charge in [-0.1, -0.05) is 19.1 Å². The fourth-order valence-corrected chi connectivity index (χ4v) is 4.22. The number of aryl methyl sites for hydroxylation is 1. The number of hydrogen-bond acceptors (Lipinski definition) is 3. The second-order valence-electron chi connectivity index (χ2n) is 5.82. The number of nitrogens with one attached hydrogen (secondary N) is 1. The van der Waals surface area contributed by atoms with Gasteiger partial charge in [0, 0.05) is 23.7 Å². The van der Waals surface area contributed by atoms with Crippen LogP contribution in [0.4, 0.5) is 5.69 Å². The molecule has 1 atom stereocenters. The minimum absolute atomic E-state index is 0.485. The van der Waals surface area contributed by atoms with Gasteiger partial charge in [0.25, 0.3) is 0 Å². The van der Waals surface area contributed by atoms with Crippen LogP contribution in [-0.2, 0) is 13.0 Å². The molecule has 1 unspecified atom stereocenters. The Kier molecular flexibility index (Phi) is 4.32. The van der Waals surface area contributed by atoms with E-state index in [1.54, 1.807) is 4.88 Å². The summed E-state index contributed by atoms with van der Waals surface area (Å²) in [5.41, 5.74) is 5.66. The standard InChI is InChI=1S/C18H24N2S/c1-4-19-12-15-5-6-17(13(2)11-15)20-9-7-18-16(14(20)3)8-10-21-18/h5-6,8,10-11,14,19H,4,7,9,12H2,1-3H3. The van der Waals surface area contributed by atoms with Crippen LogP contribution in [0.5, 0.6) is 0 Å². The van der Waals surface area contributed by atoms with Gasteiger partial charge >= 0.3 is 0 Å². The third kappa shape index (κ3) is 2.85. The molecule has 1 aromatic heterocycles. The number of anilines is 1. The second-order valence-corrected chi connectivity index (χ2v) is 6.82. The number of nitrogens with zero attached hydrogens (tertiary/aromatic N) is 1. The molecule has 0 saturated carbocycles. The average Bonchev–Trinajstić information content (AvgIpc) is 2.96. The van der Waals surface area contributed by atoms with Crippen LogP contribution >= 0.6 is 11.3 Å². The minimum atomic E-state index is 0.485. The molecular weight excluding hydrogens is 276 g/mol. The lowest BCUT2D eigenvalue weighted by Gasteiger charge is -2.36. The Morgan fingerprint density at radius 3 is 2.95 bits per heavy atom. The van der Waals surface area contributed by atoms with Crippen molar-refractivity contribution >= 4 is 17.0 Å². The van der Waals surface area contributed by atoms with E-state index in [0.29, 0.717) is 6.04 Å².